The van der Waals surface area contributed by atoms with E-state index in [1.165, 1.54) is 12.2 Å². The molecule has 3 nitrogen and oxygen atoms in total. The first-order valence-corrected chi connectivity index (χ1v) is 6.78. The van der Waals surface area contributed by atoms with Gasteiger partial charge in [0.05, 0.1) is 11.3 Å². The third-order valence-electron chi connectivity index (χ3n) is 3.78. The third kappa shape index (κ3) is 2.17. The van der Waals surface area contributed by atoms with Crippen molar-refractivity contribution in [1.82, 2.24) is 0 Å². The summed E-state index contributed by atoms with van der Waals surface area (Å²) >= 11 is 0. The lowest BCUT2D eigenvalue weighted by Crippen LogP contribution is -2.20. The molecule has 0 N–H and O–H groups in total. The fourth-order valence-electron chi connectivity index (χ4n) is 2.65. The highest BCUT2D eigenvalue weighted by Crippen LogP contribution is 2.33. The molecular formula is C18H15NO2. The number of fused-ring (bicyclic) bond motifs is 1. The predicted molar refractivity (Wildman–Crippen MR) is 83.5 cm³/mol. The van der Waals surface area contributed by atoms with Crippen LogP contribution in [0.1, 0.15) is 26.3 Å². The summed E-state index contributed by atoms with van der Waals surface area (Å²) in [5.41, 5.74) is 3.57. The largest absolute Gasteiger partial charge is 0.344 e. The molecule has 0 radical (unpaired) electrons. The number of rotatable bonds is 2. The van der Waals surface area contributed by atoms with E-state index in [-0.39, 0.29) is 11.6 Å². The van der Waals surface area contributed by atoms with Crippen LogP contribution in [0.3, 0.4) is 0 Å². The molecule has 0 amide bonds. The van der Waals surface area contributed by atoms with Crippen LogP contribution in [0.15, 0.2) is 54.6 Å². The molecular weight excluding hydrogens is 262 g/mol. The molecule has 104 valence electrons. The molecule has 0 bridgehead atoms. The number of para-hydroxylation sites is 1. The molecule has 0 saturated heterocycles. The number of carbonyl (C=O) groups is 2. The minimum atomic E-state index is -0.119. The standard InChI is InChI=1S/C18H15NO2/c1-12-8-9-14(19(2)13-6-4-3-5-7-13)18-16(21)11-10-15(20)17(12)18/h3-11H,1-2H3. The molecule has 0 aromatic heterocycles. The van der Waals surface area contributed by atoms with E-state index in [1.54, 1.807) is 0 Å². The lowest BCUT2D eigenvalue weighted by Gasteiger charge is -2.25. The number of hydrogen-bond donors (Lipinski definition) is 0. The second kappa shape index (κ2) is 5.02. The Balaban J connectivity index is 2.20. The minimum absolute atomic E-state index is 0.106. The van der Waals surface area contributed by atoms with E-state index >= 15 is 0 Å². The molecule has 0 heterocycles. The summed E-state index contributed by atoms with van der Waals surface area (Å²) in [4.78, 5) is 26.3. The average molecular weight is 277 g/mol. The van der Waals surface area contributed by atoms with E-state index in [1.807, 2.05) is 61.3 Å². The number of allylic oxidation sites excluding steroid dienone is 2. The van der Waals surface area contributed by atoms with Crippen molar-refractivity contribution in [1.29, 1.82) is 0 Å². The molecule has 0 atom stereocenters. The molecule has 0 spiro atoms. The first-order valence-electron chi connectivity index (χ1n) is 6.78. The minimum Gasteiger partial charge on any atom is -0.344 e. The highest BCUT2D eigenvalue weighted by molar-refractivity contribution is 6.25. The quantitative estimate of drug-likeness (QED) is 0.840. The molecule has 0 aliphatic heterocycles. The van der Waals surface area contributed by atoms with Gasteiger partial charge in [-0.1, -0.05) is 24.3 Å². The molecule has 2 aromatic rings. The topological polar surface area (TPSA) is 37.4 Å². The monoisotopic (exact) mass is 277 g/mol. The normalized spacial score (nSPS) is 13.2. The molecule has 1 aliphatic rings. The van der Waals surface area contributed by atoms with Gasteiger partial charge in [0.25, 0.3) is 0 Å². The number of ketones is 2. The number of hydrogen-bond acceptors (Lipinski definition) is 3. The number of nitrogens with zero attached hydrogens (tertiary/aromatic N) is 1. The Kier molecular flexibility index (Phi) is 3.18. The molecule has 0 saturated carbocycles. The van der Waals surface area contributed by atoms with E-state index in [9.17, 15) is 9.59 Å². The van der Waals surface area contributed by atoms with Gasteiger partial charge < -0.3 is 4.90 Å². The lowest BCUT2D eigenvalue weighted by atomic mass is 9.89. The van der Waals surface area contributed by atoms with Gasteiger partial charge in [-0.2, -0.15) is 0 Å². The van der Waals surface area contributed by atoms with Gasteiger partial charge in [-0.05, 0) is 42.8 Å². The Hall–Kier alpha value is -2.68. The Morgan fingerprint density at radius 3 is 2.10 bits per heavy atom. The maximum absolute atomic E-state index is 12.3. The van der Waals surface area contributed by atoms with E-state index in [0.29, 0.717) is 11.1 Å². The van der Waals surface area contributed by atoms with Crippen molar-refractivity contribution >= 4 is 22.9 Å². The number of benzene rings is 2. The zero-order chi connectivity index (χ0) is 15.0. The van der Waals surface area contributed by atoms with Crippen molar-refractivity contribution < 1.29 is 9.59 Å². The van der Waals surface area contributed by atoms with Crippen LogP contribution in [0.25, 0.3) is 0 Å². The first-order chi connectivity index (χ1) is 10.1. The second-order valence-corrected chi connectivity index (χ2v) is 5.11. The highest BCUT2D eigenvalue weighted by atomic mass is 16.1. The average Bonchev–Trinajstić information content (AvgIpc) is 2.51. The van der Waals surface area contributed by atoms with Crippen LogP contribution in [0, 0.1) is 6.92 Å². The lowest BCUT2D eigenvalue weighted by molar-refractivity contribution is 0.0994. The molecule has 0 fully saturated rings. The maximum atomic E-state index is 12.3. The van der Waals surface area contributed by atoms with Crippen molar-refractivity contribution in [2.75, 3.05) is 11.9 Å². The number of carbonyl (C=O) groups excluding carboxylic acids is 2. The summed E-state index contributed by atoms with van der Waals surface area (Å²) in [6.07, 6.45) is 2.70. The van der Waals surface area contributed by atoms with Crippen LogP contribution in [0.2, 0.25) is 0 Å². The molecule has 3 rings (SSSR count). The van der Waals surface area contributed by atoms with Gasteiger partial charge in [-0.3, -0.25) is 9.59 Å². The third-order valence-corrected chi connectivity index (χ3v) is 3.78. The van der Waals surface area contributed by atoms with Gasteiger partial charge in [0.15, 0.2) is 11.6 Å². The van der Waals surface area contributed by atoms with Gasteiger partial charge in [-0.15, -0.1) is 0 Å². The van der Waals surface area contributed by atoms with Gasteiger partial charge >= 0.3 is 0 Å². The Bertz CT molecular complexity index is 760. The van der Waals surface area contributed by atoms with E-state index in [0.717, 1.165) is 16.9 Å². The van der Waals surface area contributed by atoms with Crippen LogP contribution in [-0.2, 0) is 0 Å². The van der Waals surface area contributed by atoms with E-state index in [4.69, 9.17) is 0 Å². The van der Waals surface area contributed by atoms with Crippen LogP contribution in [-0.4, -0.2) is 18.6 Å². The molecule has 21 heavy (non-hydrogen) atoms. The van der Waals surface area contributed by atoms with E-state index in [2.05, 4.69) is 0 Å². The van der Waals surface area contributed by atoms with Gasteiger partial charge in [0.1, 0.15) is 0 Å². The predicted octanol–water partition coefficient (Wildman–Crippen LogP) is 3.70. The molecule has 3 heteroatoms. The summed E-state index contributed by atoms with van der Waals surface area (Å²) in [5.74, 6) is -0.225. The van der Waals surface area contributed by atoms with Crippen molar-refractivity contribution in [2.24, 2.45) is 0 Å². The van der Waals surface area contributed by atoms with Crippen LogP contribution in [0.4, 0.5) is 11.4 Å². The van der Waals surface area contributed by atoms with Crippen LogP contribution in [0.5, 0.6) is 0 Å². The maximum Gasteiger partial charge on any atom is 0.188 e. The summed E-state index contributed by atoms with van der Waals surface area (Å²) in [6.45, 7) is 1.86. The smallest absolute Gasteiger partial charge is 0.188 e. The molecule has 2 aromatic carbocycles. The number of anilines is 2. The summed E-state index contributed by atoms with van der Waals surface area (Å²) in [5, 5.41) is 0. The second-order valence-electron chi connectivity index (χ2n) is 5.11. The Labute approximate surface area is 123 Å². The first kappa shape index (κ1) is 13.3. The summed E-state index contributed by atoms with van der Waals surface area (Å²) < 4.78 is 0. The Morgan fingerprint density at radius 1 is 0.810 bits per heavy atom. The zero-order valence-electron chi connectivity index (χ0n) is 12.0. The molecule has 0 unspecified atom stereocenters. The van der Waals surface area contributed by atoms with Gasteiger partial charge in [0.2, 0.25) is 0 Å². The van der Waals surface area contributed by atoms with Crippen LogP contribution >= 0.6 is 0 Å². The summed E-state index contributed by atoms with van der Waals surface area (Å²) in [7, 11) is 1.90. The Morgan fingerprint density at radius 2 is 1.43 bits per heavy atom. The summed E-state index contributed by atoms with van der Waals surface area (Å²) in [6, 6.07) is 13.6. The molecule has 1 aliphatic carbocycles. The van der Waals surface area contributed by atoms with Gasteiger partial charge in [0, 0.05) is 18.3 Å². The fraction of sp³-hybridized carbons (Fsp3) is 0.111. The van der Waals surface area contributed by atoms with Gasteiger partial charge in [-0.25, -0.2) is 0 Å². The zero-order valence-corrected chi connectivity index (χ0v) is 12.0. The van der Waals surface area contributed by atoms with Crippen molar-refractivity contribution in [3.05, 3.63) is 71.3 Å². The number of aryl methyl sites for hydroxylation is 1. The van der Waals surface area contributed by atoms with Crippen LogP contribution < -0.4 is 4.90 Å². The van der Waals surface area contributed by atoms with E-state index < -0.39 is 0 Å². The fourth-order valence-corrected chi connectivity index (χ4v) is 2.65. The van der Waals surface area contributed by atoms with Crippen molar-refractivity contribution in [2.45, 2.75) is 6.92 Å². The van der Waals surface area contributed by atoms with Crippen molar-refractivity contribution in [3.8, 4) is 0 Å². The van der Waals surface area contributed by atoms with Crippen molar-refractivity contribution in [3.63, 3.8) is 0 Å². The SMILES string of the molecule is Cc1ccc(N(C)c2ccccc2)c2c1C(=O)C=CC2=O. The highest BCUT2D eigenvalue weighted by Gasteiger charge is 2.25.